The van der Waals surface area contributed by atoms with Crippen molar-refractivity contribution in [2.45, 2.75) is 6.92 Å². The molecule has 4 rings (SSSR count). The van der Waals surface area contributed by atoms with E-state index in [1.165, 1.54) is 24.3 Å². The molecule has 9 heteroatoms. The van der Waals surface area contributed by atoms with Crippen molar-refractivity contribution in [2.24, 2.45) is 0 Å². The number of rotatable bonds is 5. The number of aryl methyl sites for hydroxylation is 1. The molecule has 2 aromatic carbocycles. The zero-order valence-electron chi connectivity index (χ0n) is 16.0. The van der Waals surface area contributed by atoms with Gasteiger partial charge in [0.2, 0.25) is 0 Å². The lowest BCUT2D eigenvalue weighted by molar-refractivity contribution is 0.262. The molecule has 0 aliphatic rings. The molecule has 2 heterocycles. The Hall–Kier alpha value is -4.27. The molecule has 0 aliphatic heterocycles. The Morgan fingerprint density at radius 3 is 2.20 bits per heavy atom. The van der Waals surface area contributed by atoms with E-state index < -0.39 is 6.03 Å². The molecule has 0 fully saturated rings. The second-order valence-electron chi connectivity index (χ2n) is 6.42. The van der Waals surface area contributed by atoms with Gasteiger partial charge in [-0.15, -0.1) is 0 Å². The van der Waals surface area contributed by atoms with E-state index >= 15 is 0 Å². The number of anilines is 4. The number of aromatic nitrogens is 4. The van der Waals surface area contributed by atoms with Gasteiger partial charge in [-0.25, -0.2) is 24.1 Å². The average molecular weight is 403 g/mol. The fourth-order valence-corrected chi connectivity index (χ4v) is 2.75. The van der Waals surface area contributed by atoms with Gasteiger partial charge in [-0.3, -0.25) is 4.57 Å². The van der Waals surface area contributed by atoms with Gasteiger partial charge in [0.15, 0.2) is 0 Å². The fourth-order valence-electron chi connectivity index (χ4n) is 2.75. The summed E-state index contributed by atoms with van der Waals surface area (Å²) in [7, 11) is 0. The van der Waals surface area contributed by atoms with Gasteiger partial charge in [0.25, 0.3) is 0 Å². The molecule has 2 aromatic heterocycles. The summed E-state index contributed by atoms with van der Waals surface area (Å²) in [5.41, 5.74) is 1.91. The molecule has 0 spiro atoms. The van der Waals surface area contributed by atoms with Crippen LogP contribution in [0, 0.1) is 12.7 Å². The van der Waals surface area contributed by atoms with E-state index in [4.69, 9.17) is 0 Å². The van der Waals surface area contributed by atoms with Gasteiger partial charge in [0, 0.05) is 35.5 Å². The van der Waals surface area contributed by atoms with Gasteiger partial charge < -0.3 is 16.0 Å². The Bertz CT molecular complexity index is 1140. The highest BCUT2D eigenvalue weighted by Gasteiger charge is 2.06. The number of urea groups is 1. The Morgan fingerprint density at radius 1 is 0.933 bits per heavy atom. The lowest BCUT2D eigenvalue weighted by atomic mass is 10.2. The van der Waals surface area contributed by atoms with Crippen LogP contribution in [-0.4, -0.2) is 25.6 Å². The van der Waals surface area contributed by atoms with Gasteiger partial charge in [0.05, 0.1) is 0 Å². The maximum Gasteiger partial charge on any atom is 0.323 e. The SMILES string of the molecule is Cc1nc(Nc2ccc(NC(=O)Nc3ccc(F)cc3)cc2)cc(-n2ccnc2)n1. The third-order valence-electron chi connectivity index (χ3n) is 4.11. The number of amides is 2. The molecule has 0 radical (unpaired) electrons. The molecule has 150 valence electrons. The zero-order chi connectivity index (χ0) is 20.9. The first-order valence-corrected chi connectivity index (χ1v) is 9.10. The molecule has 0 bridgehead atoms. The molecule has 0 saturated heterocycles. The van der Waals surface area contributed by atoms with Gasteiger partial charge in [-0.1, -0.05) is 0 Å². The fraction of sp³-hybridized carbons (Fsp3) is 0.0476. The zero-order valence-corrected chi connectivity index (χ0v) is 16.0. The quantitative estimate of drug-likeness (QED) is 0.456. The standard InChI is InChI=1S/C21H18FN7O/c1-14-24-19(12-20(25-14)29-11-10-23-13-29)26-16-6-8-18(9-7-16)28-21(30)27-17-4-2-15(22)3-5-17/h2-13H,1H3,(H,24,25,26)(H2,27,28,30). The van der Waals surface area contributed by atoms with Crippen molar-refractivity contribution < 1.29 is 9.18 Å². The molecule has 3 N–H and O–H groups in total. The van der Waals surface area contributed by atoms with Gasteiger partial charge in [-0.05, 0) is 55.5 Å². The summed E-state index contributed by atoms with van der Waals surface area (Å²) in [6, 6.07) is 14.1. The van der Waals surface area contributed by atoms with E-state index in [9.17, 15) is 9.18 Å². The van der Waals surface area contributed by atoms with E-state index in [2.05, 4.69) is 30.9 Å². The lowest BCUT2D eigenvalue weighted by Crippen LogP contribution is -2.19. The lowest BCUT2D eigenvalue weighted by Gasteiger charge is -2.11. The van der Waals surface area contributed by atoms with Crippen LogP contribution in [0.4, 0.5) is 32.1 Å². The molecule has 30 heavy (non-hydrogen) atoms. The Labute approximate surface area is 171 Å². The van der Waals surface area contributed by atoms with Gasteiger partial charge >= 0.3 is 6.03 Å². The summed E-state index contributed by atoms with van der Waals surface area (Å²) in [6.07, 6.45) is 5.16. The van der Waals surface area contributed by atoms with E-state index in [1.54, 1.807) is 29.2 Å². The molecule has 0 unspecified atom stereocenters. The highest BCUT2D eigenvalue weighted by molar-refractivity contribution is 5.99. The van der Waals surface area contributed by atoms with E-state index in [-0.39, 0.29) is 5.82 Å². The number of halogens is 1. The highest BCUT2D eigenvalue weighted by atomic mass is 19.1. The highest BCUT2D eigenvalue weighted by Crippen LogP contribution is 2.20. The predicted molar refractivity (Wildman–Crippen MR) is 113 cm³/mol. The molecule has 0 saturated carbocycles. The minimum Gasteiger partial charge on any atom is -0.340 e. The summed E-state index contributed by atoms with van der Waals surface area (Å²) in [6.45, 7) is 1.82. The van der Waals surface area contributed by atoms with E-state index in [0.29, 0.717) is 28.8 Å². The van der Waals surface area contributed by atoms with Crippen LogP contribution in [0.25, 0.3) is 5.82 Å². The Balaban J connectivity index is 1.40. The maximum absolute atomic E-state index is 12.9. The first kappa shape index (κ1) is 19.1. The summed E-state index contributed by atoms with van der Waals surface area (Å²) in [4.78, 5) is 24.9. The second-order valence-corrected chi connectivity index (χ2v) is 6.42. The first-order valence-electron chi connectivity index (χ1n) is 9.10. The number of nitrogens with zero attached hydrogens (tertiary/aromatic N) is 4. The van der Waals surface area contributed by atoms with Crippen molar-refractivity contribution in [2.75, 3.05) is 16.0 Å². The van der Waals surface area contributed by atoms with E-state index in [1.807, 2.05) is 31.3 Å². The van der Waals surface area contributed by atoms with Crippen molar-refractivity contribution in [3.63, 3.8) is 0 Å². The molecule has 0 atom stereocenters. The third-order valence-corrected chi connectivity index (χ3v) is 4.11. The topological polar surface area (TPSA) is 96.8 Å². The van der Waals surface area contributed by atoms with Crippen LogP contribution < -0.4 is 16.0 Å². The van der Waals surface area contributed by atoms with Gasteiger partial charge in [0.1, 0.15) is 29.6 Å². The first-order chi connectivity index (χ1) is 14.5. The van der Waals surface area contributed by atoms with Crippen LogP contribution in [0.1, 0.15) is 5.82 Å². The molecular weight excluding hydrogens is 385 g/mol. The van der Waals surface area contributed by atoms with Crippen molar-refractivity contribution in [1.29, 1.82) is 0 Å². The van der Waals surface area contributed by atoms with Crippen molar-refractivity contribution in [1.82, 2.24) is 19.5 Å². The molecular formula is C21H18FN7O. The van der Waals surface area contributed by atoms with E-state index in [0.717, 1.165) is 5.69 Å². The summed E-state index contributed by atoms with van der Waals surface area (Å²) in [5, 5.41) is 8.59. The van der Waals surface area contributed by atoms with Crippen LogP contribution in [0.3, 0.4) is 0 Å². The van der Waals surface area contributed by atoms with Crippen LogP contribution in [0.2, 0.25) is 0 Å². The Morgan fingerprint density at radius 2 is 1.57 bits per heavy atom. The normalized spacial score (nSPS) is 10.5. The molecule has 2 amide bonds. The van der Waals surface area contributed by atoms with Crippen molar-refractivity contribution in [3.05, 3.63) is 85.0 Å². The summed E-state index contributed by atoms with van der Waals surface area (Å²) < 4.78 is 14.7. The number of imidazole rings is 1. The number of nitrogens with one attached hydrogen (secondary N) is 3. The minimum atomic E-state index is -0.418. The number of carbonyl (C=O) groups excluding carboxylic acids is 1. The molecule has 4 aromatic rings. The van der Waals surface area contributed by atoms with Crippen LogP contribution in [0.5, 0.6) is 0 Å². The van der Waals surface area contributed by atoms with Crippen LogP contribution in [-0.2, 0) is 0 Å². The second kappa shape index (κ2) is 8.39. The molecule has 0 aliphatic carbocycles. The van der Waals surface area contributed by atoms with Gasteiger partial charge in [-0.2, -0.15) is 0 Å². The summed E-state index contributed by atoms with van der Waals surface area (Å²) in [5.74, 6) is 1.61. The smallest absolute Gasteiger partial charge is 0.323 e. The molecule has 8 nitrogen and oxygen atoms in total. The van der Waals surface area contributed by atoms with Crippen LogP contribution in [0.15, 0.2) is 73.3 Å². The Kier molecular flexibility index (Phi) is 5.33. The number of carbonyl (C=O) groups is 1. The minimum absolute atomic E-state index is 0.361. The number of hydrogen-bond donors (Lipinski definition) is 3. The third kappa shape index (κ3) is 4.76. The predicted octanol–water partition coefficient (Wildman–Crippen LogP) is 4.50. The average Bonchev–Trinajstić information content (AvgIpc) is 3.26. The maximum atomic E-state index is 12.9. The number of benzene rings is 2. The van der Waals surface area contributed by atoms with Crippen molar-refractivity contribution in [3.8, 4) is 5.82 Å². The van der Waals surface area contributed by atoms with Crippen LogP contribution >= 0.6 is 0 Å². The largest absolute Gasteiger partial charge is 0.340 e. The monoisotopic (exact) mass is 403 g/mol. The van der Waals surface area contributed by atoms with Crippen molar-refractivity contribution >= 4 is 28.9 Å². The number of hydrogen-bond acceptors (Lipinski definition) is 5. The summed E-state index contributed by atoms with van der Waals surface area (Å²) >= 11 is 0.